The fraction of sp³-hybridized carbons (Fsp3) is 0.672. The average molecular weight is 972 g/mol. The van der Waals surface area contributed by atoms with Crippen molar-refractivity contribution in [3.63, 3.8) is 0 Å². The van der Waals surface area contributed by atoms with Gasteiger partial charge in [0.05, 0.1) is 0 Å². The van der Waals surface area contributed by atoms with Crippen LogP contribution in [0.5, 0.6) is 0 Å². The van der Waals surface area contributed by atoms with Crippen LogP contribution in [-0.2, 0) is 28.6 Å². The molecule has 0 amide bonds. The second-order valence-electron chi connectivity index (χ2n) is 18.8. The number of allylic oxidation sites excluding steroid dienone is 18. The van der Waals surface area contributed by atoms with E-state index < -0.39 is 6.10 Å². The van der Waals surface area contributed by atoms with Gasteiger partial charge in [-0.05, 0) is 109 Å². The van der Waals surface area contributed by atoms with E-state index in [9.17, 15) is 14.4 Å². The summed E-state index contributed by atoms with van der Waals surface area (Å²) in [5, 5.41) is 0. The molecule has 0 heterocycles. The predicted octanol–water partition coefficient (Wildman–Crippen LogP) is 19.5. The molecule has 0 fully saturated rings. The number of carbonyl (C=O) groups excluding carboxylic acids is 3. The minimum absolute atomic E-state index is 0.0944. The molecule has 70 heavy (non-hydrogen) atoms. The van der Waals surface area contributed by atoms with Gasteiger partial charge in [0.15, 0.2) is 6.10 Å². The Morgan fingerprint density at radius 3 is 0.929 bits per heavy atom. The zero-order chi connectivity index (χ0) is 50.7. The van der Waals surface area contributed by atoms with Crippen molar-refractivity contribution in [1.29, 1.82) is 0 Å². The minimum atomic E-state index is -0.800. The Kier molecular flexibility index (Phi) is 54.4. The monoisotopic (exact) mass is 971 g/mol. The molecule has 6 heteroatoms. The van der Waals surface area contributed by atoms with E-state index in [2.05, 4.69) is 130 Å². The molecule has 0 spiro atoms. The van der Waals surface area contributed by atoms with Crippen molar-refractivity contribution in [3.05, 3.63) is 109 Å². The van der Waals surface area contributed by atoms with Gasteiger partial charge in [-0.1, -0.05) is 239 Å². The van der Waals surface area contributed by atoms with Crippen molar-refractivity contribution < 1.29 is 28.6 Å². The van der Waals surface area contributed by atoms with Gasteiger partial charge in [0.25, 0.3) is 0 Å². The van der Waals surface area contributed by atoms with Gasteiger partial charge < -0.3 is 14.2 Å². The molecule has 0 aromatic rings. The summed E-state index contributed by atoms with van der Waals surface area (Å²) in [4.78, 5) is 38.1. The highest BCUT2D eigenvalue weighted by Crippen LogP contribution is 2.14. The van der Waals surface area contributed by atoms with E-state index in [1.807, 2.05) is 0 Å². The van der Waals surface area contributed by atoms with Crippen LogP contribution < -0.4 is 0 Å². The maximum atomic E-state index is 12.8. The Morgan fingerprint density at radius 1 is 0.300 bits per heavy atom. The van der Waals surface area contributed by atoms with E-state index >= 15 is 0 Å². The molecule has 398 valence electrons. The Bertz CT molecular complexity index is 1440. The summed E-state index contributed by atoms with van der Waals surface area (Å²) in [7, 11) is 0. The molecule has 0 saturated carbocycles. The van der Waals surface area contributed by atoms with Crippen LogP contribution in [-0.4, -0.2) is 37.2 Å². The quantitative estimate of drug-likeness (QED) is 0.0262. The fourth-order valence-corrected chi connectivity index (χ4v) is 7.69. The molecule has 0 aliphatic heterocycles. The molecule has 1 atom stereocenters. The van der Waals surface area contributed by atoms with Crippen LogP contribution in [0, 0.1) is 0 Å². The van der Waals surface area contributed by atoms with Crippen molar-refractivity contribution >= 4 is 17.9 Å². The summed E-state index contributed by atoms with van der Waals surface area (Å²) >= 11 is 0. The predicted molar refractivity (Wildman–Crippen MR) is 302 cm³/mol. The van der Waals surface area contributed by atoms with E-state index in [0.717, 1.165) is 122 Å². The number of carbonyl (C=O) groups is 3. The lowest BCUT2D eigenvalue weighted by Crippen LogP contribution is -2.30. The van der Waals surface area contributed by atoms with Gasteiger partial charge in [0, 0.05) is 19.3 Å². The van der Waals surface area contributed by atoms with Crippen LogP contribution in [0.2, 0.25) is 0 Å². The molecule has 0 aromatic heterocycles. The first-order valence-corrected chi connectivity index (χ1v) is 28.9. The minimum Gasteiger partial charge on any atom is -0.462 e. The molecule has 0 aliphatic carbocycles. The fourth-order valence-electron chi connectivity index (χ4n) is 7.69. The lowest BCUT2D eigenvalue weighted by molar-refractivity contribution is -0.167. The van der Waals surface area contributed by atoms with Crippen molar-refractivity contribution in [2.24, 2.45) is 0 Å². The van der Waals surface area contributed by atoms with Crippen molar-refractivity contribution in [3.8, 4) is 0 Å². The highest BCUT2D eigenvalue weighted by atomic mass is 16.6. The van der Waals surface area contributed by atoms with Crippen LogP contribution in [0.1, 0.15) is 258 Å². The Balaban J connectivity index is 4.39. The third-order valence-corrected chi connectivity index (χ3v) is 12.0. The van der Waals surface area contributed by atoms with Gasteiger partial charge in [-0.15, -0.1) is 0 Å². The lowest BCUT2D eigenvalue weighted by atomic mass is 10.0. The third-order valence-electron chi connectivity index (χ3n) is 12.0. The van der Waals surface area contributed by atoms with Gasteiger partial charge in [-0.3, -0.25) is 14.4 Å². The number of rotatable bonds is 51. The highest BCUT2D eigenvalue weighted by molar-refractivity contribution is 5.71. The molecule has 0 bridgehead atoms. The van der Waals surface area contributed by atoms with E-state index in [-0.39, 0.29) is 31.1 Å². The Morgan fingerprint density at radius 2 is 0.557 bits per heavy atom. The van der Waals surface area contributed by atoms with Crippen molar-refractivity contribution in [1.82, 2.24) is 0 Å². The summed E-state index contributed by atoms with van der Waals surface area (Å²) < 4.78 is 16.8. The van der Waals surface area contributed by atoms with E-state index in [1.165, 1.54) is 96.3 Å². The maximum Gasteiger partial charge on any atom is 0.306 e. The number of esters is 3. The normalized spacial score (nSPS) is 12.9. The van der Waals surface area contributed by atoms with Gasteiger partial charge >= 0.3 is 17.9 Å². The standard InChI is InChI=1S/C64H106O6/c1-4-7-10-13-16-19-22-25-26-27-28-29-30-31-32-33-34-35-36-37-38-40-42-45-48-51-54-57-63(66)69-60-61(59-68-62(65)56-53-50-47-44-41-24-21-18-15-12-9-6-3)70-64(67)58-55-52-49-46-43-39-23-20-17-14-11-8-5-2/h7,10,16,19-20,23,25-26,28-29,31-32,34-35,37-38,42,45,61H,4-6,8-9,11-15,17-18,21-22,24,27,30,33,36,39-41,43-44,46-60H2,1-3H3/b10-7-,19-16-,23-20-,26-25-,29-28-,32-31-,35-34-,38-37-,45-42-. The molecule has 0 aliphatic rings. The maximum absolute atomic E-state index is 12.8. The molecule has 0 rings (SSSR count). The third kappa shape index (κ3) is 55.0. The first-order chi connectivity index (χ1) is 34.5. The van der Waals surface area contributed by atoms with E-state index in [4.69, 9.17) is 14.2 Å². The zero-order valence-electron chi connectivity index (χ0n) is 45.5. The van der Waals surface area contributed by atoms with Gasteiger partial charge in [0.1, 0.15) is 13.2 Å². The van der Waals surface area contributed by atoms with Crippen LogP contribution in [0.3, 0.4) is 0 Å². The van der Waals surface area contributed by atoms with Crippen LogP contribution in [0.15, 0.2) is 109 Å². The van der Waals surface area contributed by atoms with Gasteiger partial charge in [-0.2, -0.15) is 0 Å². The summed E-state index contributed by atoms with van der Waals surface area (Å²) in [5.74, 6) is -0.949. The number of unbranched alkanes of at least 4 members (excludes halogenated alkanes) is 22. The SMILES string of the molecule is CC/C=C\C/C=C\C/C=C\C/C=C\C/C=C\C/C=C\C/C=C\C/C=C\CCCCC(=O)OCC(COC(=O)CCCCCCCCCCCCCC)OC(=O)CCCCCCC/C=C\CCCCCC. The lowest BCUT2D eigenvalue weighted by Gasteiger charge is -2.18. The van der Waals surface area contributed by atoms with E-state index in [0.29, 0.717) is 19.3 Å². The zero-order valence-corrected chi connectivity index (χ0v) is 45.5. The Hall–Kier alpha value is -3.93. The second kappa shape index (κ2) is 57.6. The highest BCUT2D eigenvalue weighted by Gasteiger charge is 2.19. The van der Waals surface area contributed by atoms with Crippen molar-refractivity contribution in [2.75, 3.05) is 13.2 Å². The summed E-state index contributed by atoms with van der Waals surface area (Å²) in [6, 6.07) is 0. The summed E-state index contributed by atoms with van der Waals surface area (Å²) in [5.41, 5.74) is 0. The van der Waals surface area contributed by atoms with Gasteiger partial charge in [-0.25, -0.2) is 0 Å². The first kappa shape index (κ1) is 66.1. The molecule has 0 saturated heterocycles. The largest absolute Gasteiger partial charge is 0.462 e. The van der Waals surface area contributed by atoms with Crippen LogP contribution in [0.25, 0.3) is 0 Å². The molecule has 1 unspecified atom stereocenters. The van der Waals surface area contributed by atoms with E-state index in [1.54, 1.807) is 0 Å². The molecule has 0 aromatic carbocycles. The topological polar surface area (TPSA) is 78.9 Å². The average Bonchev–Trinajstić information content (AvgIpc) is 3.36. The number of ether oxygens (including phenoxy) is 3. The molecular formula is C64H106O6. The first-order valence-electron chi connectivity index (χ1n) is 28.9. The van der Waals surface area contributed by atoms with Crippen LogP contribution in [0.4, 0.5) is 0 Å². The van der Waals surface area contributed by atoms with Gasteiger partial charge in [0.2, 0.25) is 0 Å². The number of hydrogen-bond acceptors (Lipinski definition) is 6. The Labute approximate surface area is 431 Å². The smallest absolute Gasteiger partial charge is 0.306 e. The molecule has 0 N–H and O–H groups in total. The number of hydrogen-bond donors (Lipinski definition) is 0. The van der Waals surface area contributed by atoms with Crippen LogP contribution >= 0.6 is 0 Å². The summed E-state index contributed by atoms with van der Waals surface area (Å²) in [6.45, 7) is 6.46. The molecule has 0 radical (unpaired) electrons. The summed E-state index contributed by atoms with van der Waals surface area (Å²) in [6.07, 6.45) is 78.0. The molecule has 6 nitrogen and oxygen atoms in total. The molecular weight excluding hydrogens is 865 g/mol. The second-order valence-corrected chi connectivity index (χ2v) is 18.8. The van der Waals surface area contributed by atoms with Crippen molar-refractivity contribution in [2.45, 2.75) is 264 Å².